The van der Waals surface area contributed by atoms with E-state index in [2.05, 4.69) is 25.7 Å². The van der Waals surface area contributed by atoms with Gasteiger partial charge in [-0.15, -0.1) is 0 Å². The molecule has 1 heterocycles. The Kier molecular flexibility index (Phi) is 7.05. The Hall–Kier alpha value is -0.0400. The molecule has 1 saturated heterocycles. The first kappa shape index (κ1) is 17.3. The summed E-state index contributed by atoms with van der Waals surface area (Å²) in [6, 6.07) is 0.735. The molecule has 21 heavy (non-hydrogen) atoms. The van der Waals surface area contributed by atoms with E-state index in [-0.39, 0.29) is 0 Å². The van der Waals surface area contributed by atoms with Crippen LogP contribution in [-0.4, -0.2) is 24.0 Å². The van der Waals surface area contributed by atoms with Crippen molar-refractivity contribution in [3.63, 3.8) is 0 Å². The Balaban J connectivity index is 1.97. The van der Waals surface area contributed by atoms with Crippen LogP contribution >= 0.6 is 0 Å². The zero-order valence-corrected chi connectivity index (χ0v) is 15.0. The van der Waals surface area contributed by atoms with E-state index in [0.717, 1.165) is 12.0 Å². The molecule has 1 saturated carbocycles. The van der Waals surface area contributed by atoms with Crippen LogP contribution in [0.3, 0.4) is 0 Å². The maximum Gasteiger partial charge on any atom is 0.00387 e. The summed E-state index contributed by atoms with van der Waals surface area (Å²) in [7, 11) is 0. The maximum absolute atomic E-state index is 2.74. The van der Waals surface area contributed by atoms with E-state index < -0.39 is 0 Å². The van der Waals surface area contributed by atoms with Crippen molar-refractivity contribution in [3.8, 4) is 0 Å². The second-order valence-electron chi connectivity index (χ2n) is 8.41. The summed E-state index contributed by atoms with van der Waals surface area (Å²) in [6.07, 6.45) is 17.8. The predicted molar refractivity (Wildman–Crippen MR) is 93.7 cm³/mol. The van der Waals surface area contributed by atoms with E-state index in [9.17, 15) is 0 Å². The largest absolute Gasteiger partial charge is 0.301 e. The summed E-state index contributed by atoms with van der Waals surface area (Å²) < 4.78 is 0. The number of nitrogens with zero attached hydrogens (tertiary/aromatic N) is 1. The fourth-order valence-electron chi connectivity index (χ4n) is 4.70. The summed E-state index contributed by atoms with van der Waals surface area (Å²) in [5, 5.41) is 0. The standard InChI is InChI=1S/C20H39N/c1-18(2)21-16-12-13-19(17-21)20(3)14-10-8-6-4-5-7-9-11-15-20/h18-19H,4-17H2,1-3H3. The van der Waals surface area contributed by atoms with Gasteiger partial charge in [0, 0.05) is 12.6 Å². The zero-order valence-electron chi connectivity index (χ0n) is 15.0. The van der Waals surface area contributed by atoms with Gasteiger partial charge in [0.25, 0.3) is 0 Å². The summed E-state index contributed by atoms with van der Waals surface area (Å²) in [4.78, 5) is 2.74. The van der Waals surface area contributed by atoms with E-state index in [0.29, 0.717) is 5.41 Å². The molecular weight excluding hydrogens is 254 g/mol. The molecule has 1 unspecified atom stereocenters. The number of rotatable bonds is 2. The van der Waals surface area contributed by atoms with Gasteiger partial charge in [0.1, 0.15) is 0 Å². The van der Waals surface area contributed by atoms with Crippen LogP contribution in [0.25, 0.3) is 0 Å². The Morgan fingerprint density at radius 2 is 1.33 bits per heavy atom. The van der Waals surface area contributed by atoms with Crippen molar-refractivity contribution in [1.29, 1.82) is 0 Å². The third-order valence-electron chi connectivity index (χ3n) is 6.41. The highest BCUT2D eigenvalue weighted by molar-refractivity contribution is 4.88. The van der Waals surface area contributed by atoms with Crippen molar-refractivity contribution in [1.82, 2.24) is 4.90 Å². The molecule has 0 N–H and O–H groups in total. The van der Waals surface area contributed by atoms with Crippen LogP contribution in [0.1, 0.15) is 97.8 Å². The van der Waals surface area contributed by atoms with Crippen LogP contribution in [0, 0.1) is 11.3 Å². The van der Waals surface area contributed by atoms with E-state index in [4.69, 9.17) is 0 Å². The predicted octanol–water partition coefficient (Wildman–Crippen LogP) is 6.03. The molecule has 1 aliphatic heterocycles. The summed E-state index contributed by atoms with van der Waals surface area (Å²) in [6.45, 7) is 10.1. The Bertz CT molecular complexity index is 272. The number of likely N-dealkylation sites (tertiary alicyclic amines) is 1. The molecule has 1 heteroatoms. The SMILES string of the molecule is CC(C)N1CCCC(C2(C)CCCCCCCCCC2)C1. The van der Waals surface area contributed by atoms with Crippen LogP contribution in [0.4, 0.5) is 0 Å². The van der Waals surface area contributed by atoms with Crippen molar-refractivity contribution in [2.75, 3.05) is 13.1 Å². The summed E-state index contributed by atoms with van der Waals surface area (Å²) >= 11 is 0. The number of piperidine rings is 1. The van der Waals surface area contributed by atoms with Crippen LogP contribution in [-0.2, 0) is 0 Å². The van der Waals surface area contributed by atoms with Gasteiger partial charge in [0.05, 0.1) is 0 Å². The summed E-state index contributed by atoms with van der Waals surface area (Å²) in [5.74, 6) is 0.953. The highest BCUT2D eigenvalue weighted by Gasteiger charge is 2.36. The molecule has 2 rings (SSSR count). The molecule has 0 aromatic heterocycles. The first-order valence-electron chi connectivity index (χ1n) is 9.86. The van der Waals surface area contributed by atoms with Gasteiger partial charge < -0.3 is 4.90 Å². The third-order valence-corrected chi connectivity index (χ3v) is 6.41. The van der Waals surface area contributed by atoms with Crippen LogP contribution in [0.5, 0.6) is 0 Å². The smallest absolute Gasteiger partial charge is 0.00387 e. The minimum atomic E-state index is 0.623. The van der Waals surface area contributed by atoms with E-state index >= 15 is 0 Å². The van der Waals surface area contributed by atoms with Crippen LogP contribution in [0.15, 0.2) is 0 Å². The molecule has 1 atom stereocenters. The number of hydrogen-bond acceptors (Lipinski definition) is 1. The van der Waals surface area contributed by atoms with Gasteiger partial charge in [-0.2, -0.15) is 0 Å². The first-order valence-corrected chi connectivity index (χ1v) is 9.86. The van der Waals surface area contributed by atoms with Crippen LogP contribution in [0.2, 0.25) is 0 Å². The fourth-order valence-corrected chi connectivity index (χ4v) is 4.70. The lowest BCUT2D eigenvalue weighted by atomic mass is 9.67. The average Bonchev–Trinajstić information content (AvgIpc) is 2.53. The minimum Gasteiger partial charge on any atom is -0.301 e. The Morgan fingerprint density at radius 3 is 1.86 bits per heavy atom. The van der Waals surface area contributed by atoms with E-state index in [1.807, 2.05) is 0 Å². The zero-order chi connectivity index (χ0) is 15.1. The highest BCUT2D eigenvalue weighted by atomic mass is 15.2. The average molecular weight is 294 g/mol. The topological polar surface area (TPSA) is 3.24 Å². The van der Waals surface area contributed by atoms with Crippen molar-refractivity contribution in [2.45, 2.75) is 104 Å². The molecule has 124 valence electrons. The van der Waals surface area contributed by atoms with E-state index in [1.165, 1.54) is 90.1 Å². The molecule has 0 aromatic rings. The van der Waals surface area contributed by atoms with Gasteiger partial charge in [-0.3, -0.25) is 0 Å². The molecule has 1 aliphatic carbocycles. The minimum absolute atomic E-state index is 0.623. The molecule has 2 aliphatic rings. The molecule has 1 nitrogen and oxygen atoms in total. The van der Waals surface area contributed by atoms with Crippen molar-refractivity contribution in [2.24, 2.45) is 11.3 Å². The molecule has 0 radical (unpaired) electrons. The Labute approximate surface area is 133 Å². The molecule has 0 aromatic carbocycles. The second-order valence-corrected chi connectivity index (χ2v) is 8.41. The van der Waals surface area contributed by atoms with Gasteiger partial charge in [-0.05, 0) is 57.4 Å². The van der Waals surface area contributed by atoms with Crippen LogP contribution < -0.4 is 0 Å². The van der Waals surface area contributed by atoms with Crippen molar-refractivity contribution in [3.05, 3.63) is 0 Å². The first-order chi connectivity index (χ1) is 10.1. The van der Waals surface area contributed by atoms with Gasteiger partial charge >= 0.3 is 0 Å². The van der Waals surface area contributed by atoms with Gasteiger partial charge in [0.15, 0.2) is 0 Å². The highest BCUT2D eigenvalue weighted by Crippen LogP contribution is 2.43. The summed E-state index contributed by atoms with van der Waals surface area (Å²) in [5.41, 5.74) is 0.623. The second kappa shape index (κ2) is 8.56. The molecule has 2 fully saturated rings. The van der Waals surface area contributed by atoms with Gasteiger partial charge in [-0.25, -0.2) is 0 Å². The van der Waals surface area contributed by atoms with Crippen molar-refractivity contribution >= 4 is 0 Å². The quantitative estimate of drug-likeness (QED) is 0.601. The van der Waals surface area contributed by atoms with Crippen molar-refractivity contribution < 1.29 is 0 Å². The molecule has 0 spiro atoms. The maximum atomic E-state index is 2.74. The molecule has 0 amide bonds. The fraction of sp³-hybridized carbons (Fsp3) is 1.00. The lowest BCUT2D eigenvalue weighted by Crippen LogP contribution is -2.45. The molecular formula is C20H39N. The van der Waals surface area contributed by atoms with Gasteiger partial charge in [0.2, 0.25) is 0 Å². The lowest BCUT2D eigenvalue weighted by molar-refractivity contribution is 0.0443. The lowest BCUT2D eigenvalue weighted by Gasteiger charge is -2.45. The van der Waals surface area contributed by atoms with Gasteiger partial charge in [-0.1, -0.05) is 58.3 Å². The third kappa shape index (κ3) is 5.27. The number of hydrogen-bond donors (Lipinski definition) is 0. The Morgan fingerprint density at radius 1 is 0.810 bits per heavy atom. The van der Waals surface area contributed by atoms with E-state index in [1.54, 1.807) is 0 Å². The monoisotopic (exact) mass is 293 g/mol. The normalized spacial score (nSPS) is 30.0. The molecule has 0 bridgehead atoms.